The summed E-state index contributed by atoms with van der Waals surface area (Å²) in [5.41, 5.74) is 1.20. The molecular weight excluding hydrogens is 304 g/mol. The largest absolute Gasteiger partial charge is 0.310 e. The average Bonchev–Trinajstić information content (AvgIpc) is 3.26. The van der Waals surface area contributed by atoms with Gasteiger partial charge in [0.1, 0.15) is 5.82 Å². The molecule has 1 aliphatic heterocycles. The maximum Gasteiger partial charge on any atom is 0.242 e. The molecule has 1 aliphatic rings. The molecule has 2 N–H and O–H groups in total. The fraction of sp³-hybridized carbons (Fsp3) is 0.588. The molecule has 24 heavy (non-hydrogen) atoms. The van der Waals surface area contributed by atoms with E-state index in [-0.39, 0.29) is 18.0 Å². The van der Waals surface area contributed by atoms with Gasteiger partial charge in [-0.1, -0.05) is 0 Å². The van der Waals surface area contributed by atoms with Gasteiger partial charge in [0, 0.05) is 29.9 Å². The first kappa shape index (κ1) is 16.7. The Balaban J connectivity index is 1.56. The van der Waals surface area contributed by atoms with E-state index >= 15 is 0 Å². The summed E-state index contributed by atoms with van der Waals surface area (Å²) in [7, 11) is 0. The Morgan fingerprint density at radius 1 is 1.25 bits per heavy atom. The van der Waals surface area contributed by atoms with Crippen molar-refractivity contribution in [2.45, 2.75) is 51.6 Å². The van der Waals surface area contributed by atoms with Crippen molar-refractivity contribution in [1.29, 1.82) is 0 Å². The maximum absolute atomic E-state index is 12.6. The molecule has 3 heterocycles. The lowest BCUT2D eigenvalue weighted by Crippen LogP contribution is -2.46. The van der Waals surface area contributed by atoms with Crippen LogP contribution in [0.2, 0.25) is 0 Å². The molecule has 2 aromatic rings. The van der Waals surface area contributed by atoms with Crippen LogP contribution in [0.3, 0.4) is 0 Å². The molecule has 7 nitrogen and oxygen atoms in total. The monoisotopic (exact) mass is 330 g/mol. The average molecular weight is 330 g/mol. The Kier molecular flexibility index (Phi) is 4.99. The summed E-state index contributed by atoms with van der Waals surface area (Å²) in [5, 5.41) is 14.4. The van der Waals surface area contributed by atoms with Crippen LogP contribution in [0.15, 0.2) is 24.5 Å². The van der Waals surface area contributed by atoms with E-state index in [9.17, 15) is 4.79 Å². The SMILES string of the molecule is CC(C)n1nccc1NC(=O)[C@@H](C)N1CCC(c2ccn[nH]2)CC1. The van der Waals surface area contributed by atoms with E-state index < -0.39 is 0 Å². The summed E-state index contributed by atoms with van der Waals surface area (Å²) < 4.78 is 1.83. The van der Waals surface area contributed by atoms with Gasteiger partial charge in [-0.25, -0.2) is 4.68 Å². The third-order valence-electron chi connectivity index (χ3n) is 4.83. The summed E-state index contributed by atoms with van der Waals surface area (Å²) in [4.78, 5) is 14.8. The number of nitrogens with zero attached hydrogens (tertiary/aromatic N) is 4. The molecule has 0 aliphatic carbocycles. The highest BCUT2D eigenvalue weighted by atomic mass is 16.2. The normalized spacial score (nSPS) is 18.0. The zero-order valence-electron chi connectivity index (χ0n) is 14.6. The van der Waals surface area contributed by atoms with Crippen LogP contribution in [-0.4, -0.2) is 49.9 Å². The van der Waals surface area contributed by atoms with Gasteiger partial charge in [-0.2, -0.15) is 10.2 Å². The number of hydrogen-bond acceptors (Lipinski definition) is 4. The van der Waals surface area contributed by atoms with Crippen LogP contribution >= 0.6 is 0 Å². The molecule has 0 spiro atoms. The highest BCUT2D eigenvalue weighted by Gasteiger charge is 2.28. The molecule has 130 valence electrons. The number of carbonyl (C=O) groups excluding carboxylic acids is 1. The molecule has 0 saturated carbocycles. The number of rotatable bonds is 5. The van der Waals surface area contributed by atoms with Crippen LogP contribution in [-0.2, 0) is 4.79 Å². The second-order valence-corrected chi connectivity index (χ2v) is 6.74. The lowest BCUT2D eigenvalue weighted by molar-refractivity contribution is -0.121. The predicted molar refractivity (Wildman–Crippen MR) is 92.8 cm³/mol. The molecule has 1 fully saturated rings. The van der Waals surface area contributed by atoms with Crippen LogP contribution in [0, 0.1) is 0 Å². The molecule has 1 saturated heterocycles. The van der Waals surface area contributed by atoms with E-state index in [0.29, 0.717) is 5.92 Å². The number of piperidine rings is 1. The standard InChI is InChI=1S/C17H26N6O/c1-12(2)23-16(5-9-19-23)20-17(24)13(3)22-10-6-14(7-11-22)15-4-8-18-21-15/h4-5,8-9,12-14H,6-7,10-11H2,1-3H3,(H,18,21)(H,20,24)/t13-/m1/s1. The van der Waals surface area contributed by atoms with Crippen molar-refractivity contribution in [3.05, 3.63) is 30.2 Å². The van der Waals surface area contributed by atoms with Gasteiger partial charge in [-0.3, -0.25) is 14.8 Å². The first-order chi connectivity index (χ1) is 11.6. The number of anilines is 1. The number of carbonyl (C=O) groups is 1. The van der Waals surface area contributed by atoms with Crippen molar-refractivity contribution in [3.8, 4) is 0 Å². The van der Waals surface area contributed by atoms with Crippen LogP contribution < -0.4 is 5.32 Å². The van der Waals surface area contributed by atoms with E-state index in [1.54, 1.807) is 12.4 Å². The zero-order chi connectivity index (χ0) is 17.1. The Morgan fingerprint density at radius 2 is 2.00 bits per heavy atom. The highest BCUT2D eigenvalue weighted by molar-refractivity contribution is 5.93. The van der Waals surface area contributed by atoms with Gasteiger partial charge >= 0.3 is 0 Å². The summed E-state index contributed by atoms with van der Waals surface area (Å²) in [6, 6.07) is 3.96. The smallest absolute Gasteiger partial charge is 0.242 e. The molecule has 3 rings (SSSR count). The van der Waals surface area contributed by atoms with Gasteiger partial charge < -0.3 is 5.32 Å². The van der Waals surface area contributed by atoms with E-state index in [2.05, 4.69) is 25.5 Å². The van der Waals surface area contributed by atoms with Gasteiger partial charge in [-0.05, 0) is 52.8 Å². The van der Waals surface area contributed by atoms with Crippen molar-refractivity contribution in [2.24, 2.45) is 0 Å². The van der Waals surface area contributed by atoms with Crippen LogP contribution in [0.25, 0.3) is 0 Å². The second kappa shape index (κ2) is 7.17. The number of amides is 1. The van der Waals surface area contributed by atoms with Crippen molar-refractivity contribution in [2.75, 3.05) is 18.4 Å². The van der Waals surface area contributed by atoms with Crippen molar-refractivity contribution >= 4 is 11.7 Å². The lowest BCUT2D eigenvalue weighted by Gasteiger charge is -2.35. The second-order valence-electron chi connectivity index (χ2n) is 6.74. The third-order valence-corrected chi connectivity index (χ3v) is 4.83. The van der Waals surface area contributed by atoms with Crippen LogP contribution in [0.1, 0.15) is 51.3 Å². The van der Waals surface area contributed by atoms with Crippen LogP contribution in [0.4, 0.5) is 5.82 Å². The number of H-pyrrole nitrogens is 1. The summed E-state index contributed by atoms with van der Waals surface area (Å²) >= 11 is 0. The molecule has 0 radical (unpaired) electrons. The fourth-order valence-corrected chi connectivity index (χ4v) is 3.31. The number of aromatic amines is 1. The number of hydrogen-bond donors (Lipinski definition) is 2. The molecular formula is C17H26N6O. The quantitative estimate of drug-likeness (QED) is 0.882. The molecule has 1 amide bonds. The molecule has 1 atom stereocenters. The lowest BCUT2D eigenvalue weighted by atomic mass is 9.93. The van der Waals surface area contributed by atoms with Crippen LogP contribution in [0.5, 0.6) is 0 Å². The van der Waals surface area contributed by atoms with Gasteiger partial charge in [0.25, 0.3) is 0 Å². The first-order valence-corrected chi connectivity index (χ1v) is 8.64. The topological polar surface area (TPSA) is 78.8 Å². The van der Waals surface area contributed by atoms with Crippen molar-refractivity contribution < 1.29 is 4.79 Å². The van der Waals surface area contributed by atoms with Gasteiger partial charge in [0.15, 0.2) is 0 Å². The number of aromatic nitrogens is 4. The molecule has 0 unspecified atom stereocenters. The fourth-order valence-electron chi connectivity index (χ4n) is 3.31. The first-order valence-electron chi connectivity index (χ1n) is 8.64. The highest BCUT2D eigenvalue weighted by Crippen LogP contribution is 2.27. The van der Waals surface area contributed by atoms with E-state index in [1.807, 2.05) is 37.6 Å². The van der Waals surface area contributed by atoms with E-state index in [1.165, 1.54) is 5.69 Å². The Bertz CT molecular complexity index is 654. The third kappa shape index (κ3) is 3.51. The zero-order valence-corrected chi connectivity index (χ0v) is 14.6. The number of nitrogens with one attached hydrogen (secondary N) is 2. The van der Waals surface area contributed by atoms with Crippen molar-refractivity contribution in [1.82, 2.24) is 24.9 Å². The van der Waals surface area contributed by atoms with Gasteiger partial charge in [0.05, 0.1) is 12.2 Å². The minimum Gasteiger partial charge on any atom is -0.310 e. The van der Waals surface area contributed by atoms with E-state index in [0.717, 1.165) is 31.7 Å². The minimum atomic E-state index is -0.150. The van der Waals surface area contributed by atoms with Gasteiger partial charge in [-0.15, -0.1) is 0 Å². The Morgan fingerprint density at radius 3 is 2.62 bits per heavy atom. The van der Waals surface area contributed by atoms with Gasteiger partial charge in [0.2, 0.25) is 5.91 Å². The molecule has 0 bridgehead atoms. The number of likely N-dealkylation sites (tertiary alicyclic amines) is 1. The maximum atomic E-state index is 12.6. The molecule has 2 aromatic heterocycles. The summed E-state index contributed by atoms with van der Waals surface area (Å²) in [6.45, 7) is 7.91. The molecule has 7 heteroatoms. The minimum absolute atomic E-state index is 0.0254. The van der Waals surface area contributed by atoms with Crippen molar-refractivity contribution in [3.63, 3.8) is 0 Å². The Labute approximate surface area is 142 Å². The molecule has 0 aromatic carbocycles. The Hall–Kier alpha value is -2.15. The predicted octanol–water partition coefficient (Wildman–Crippen LogP) is 2.39. The summed E-state index contributed by atoms with van der Waals surface area (Å²) in [6.07, 6.45) is 5.61. The van der Waals surface area contributed by atoms with E-state index in [4.69, 9.17) is 0 Å². The summed E-state index contributed by atoms with van der Waals surface area (Å²) in [5.74, 6) is 1.30.